The van der Waals surface area contributed by atoms with Crippen molar-refractivity contribution < 1.29 is 9.47 Å². The summed E-state index contributed by atoms with van der Waals surface area (Å²) in [6, 6.07) is 7.88. The molecule has 1 aromatic carbocycles. The first-order chi connectivity index (χ1) is 7.96. The van der Waals surface area contributed by atoms with Crippen molar-refractivity contribution in [2.24, 2.45) is 5.73 Å². The Bertz CT molecular complexity index is 348. The van der Waals surface area contributed by atoms with Crippen molar-refractivity contribution in [2.75, 3.05) is 13.7 Å². The molecule has 2 N–H and O–H groups in total. The number of para-hydroxylation sites is 1. The second-order valence-corrected chi connectivity index (χ2v) is 4.89. The fraction of sp³-hybridized carbons (Fsp3) is 0.571. The van der Waals surface area contributed by atoms with Crippen LogP contribution in [0, 0.1) is 0 Å². The first kappa shape index (κ1) is 14.0. The molecule has 96 valence electrons. The van der Waals surface area contributed by atoms with Crippen LogP contribution < -0.4 is 10.5 Å². The Kier molecular flexibility index (Phi) is 4.97. The van der Waals surface area contributed by atoms with Crippen LogP contribution in [0.1, 0.15) is 38.8 Å². The maximum atomic E-state index is 5.89. The summed E-state index contributed by atoms with van der Waals surface area (Å²) < 4.78 is 11.1. The summed E-state index contributed by atoms with van der Waals surface area (Å²) in [5.74, 6) is 0.870. The van der Waals surface area contributed by atoms with E-state index in [1.807, 2.05) is 45.0 Å². The van der Waals surface area contributed by atoms with Crippen molar-refractivity contribution in [1.82, 2.24) is 0 Å². The molecule has 1 rings (SSSR count). The highest BCUT2D eigenvalue weighted by Crippen LogP contribution is 2.24. The topological polar surface area (TPSA) is 44.5 Å². The van der Waals surface area contributed by atoms with E-state index >= 15 is 0 Å². The van der Waals surface area contributed by atoms with E-state index in [9.17, 15) is 0 Å². The quantitative estimate of drug-likeness (QED) is 0.827. The molecule has 0 aliphatic rings. The Morgan fingerprint density at radius 1 is 1.29 bits per heavy atom. The van der Waals surface area contributed by atoms with E-state index in [-0.39, 0.29) is 11.6 Å². The van der Waals surface area contributed by atoms with Gasteiger partial charge in [-0.25, -0.2) is 0 Å². The molecule has 3 heteroatoms. The molecule has 0 radical (unpaired) electrons. The lowest BCUT2D eigenvalue weighted by Crippen LogP contribution is -2.25. The van der Waals surface area contributed by atoms with E-state index in [0.29, 0.717) is 6.61 Å². The number of ether oxygens (including phenoxy) is 2. The van der Waals surface area contributed by atoms with Gasteiger partial charge in [0.05, 0.1) is 12.2 Å². The SMILES string of the molecule is COC(C)(C)CCOc1ccccc1[C@H](C)N. The van der Waals surface area contributed by atoms with Gasteiger partial charge in [-0.05, 0) is 26.8 Å². The van der Waals surface area contributed by atoms with Crippen LogP contribution in [0.4, 0.5) is 0 Å². The van der Waals surface area contributed by atoms with Crippen molar-refractivity contribution in [3.8, 4) is 5.75 Å². The average molecular weight is 237 g/mol. The second-order valence-electron chi connectivity index (χ2n) is 4.89. The molecule has 1 atom stereocenters. The molecule has 0 aromatic heterocycles. The molecule has 0 heterocycles. The Morgan fingerprint density at radius 3 is 2.53 bits per heavy atom. The molecule has 1 aromatic rings. The van der Waals surface area contributed by atoms with Crippen molar-refractivity contribution >= 4 is 0 Å². The van der Waals surface area contributed by atoms with Gasteiger partial charge < -0.3 is 15.2 Å². The van der Waals surface area contributed by atoms with Crippen LogP contribution in [-0.2, 0) is 4.74 Å². The molecule has 0 fully saturated rings. The van der Waals surface area contributed by atoms with Gasteiger partial charge in [-0.1, -0.05) is 18.2 Å². The number of methoxy groups -OCH3 is 1. The summed E-state index contributed by atoms with van der Waals surface area (Å²) >= 11 is 0. The number of hydrogen-bond donors (Lipinski definition) is 1. The number of hydrogen-bond acceptors (Lipinski definition) is 3. The molecule has 0 aliphatic heterocycles. The van der Waals surface area contributed by atoms with E-state index in [2.05, 4.69) is 0 Å². The monoisotopic (exact) mass is 237 g/mol. The molecule has 0 unspecified atom stereocenters. The smallest absolute Gasteiger partial charge is 0.124 e. The van der Waals surface area contributed by atoms with E-state index in [0.717, 1.165) is 17.7 Å². The van der Waals surface area contributed by atoms with Crippen molar-refractivity contribution in [3.05, 3.63) is 29.8 Å². The molecule has 0 saturated carbocycles. The third-order valence-electron chi connectivity index (χ3n) is 2.92. The van der Waals surface area contributed by atoms with Crippen LogP contribution in [0.5, 0.6) is 5.75 Å². The number of nitrogens with two attached hydrogens (primary N) is 1. The Hall–Kier alpha value is -1.06. The summed E-state index contributed by atoms with van der Waals surface area (Å²) in [7, 11) is 1.72. The molecular weight excluding hydrogens is 214 g/mol. The van der Waals surface area contributed by atoms with Crippen LogP contribution >= 0.6 is 0 Å². The summed E-state index contributed by atoms with van der Waals surface area (Å²) in [6.07, 6.45) is 0.844. The highest BCUT2D eigenvalue weighted by Gasteiger charge is 2.16. The fourth-order valence-electron chi connectivity index (χ4n) is 1.50. The highest BCUT2D eigenvalue weighted by atomic mass is 16.5. The molecule has 17 heavy (non-hydrogen) atoms. The zero-order chi connectivity index (χ0) is 12.9. The Morgan fingerprint density at radius 2 is 1.94 bits per heavy atom. The van der Waals surface area contributed by atoms with Gasteiger partial charge in [0.2, 0.25) is 0 Å². The zero-order valence-electron chi connectivity index (χ0n) is 11.2. The first-order valence-corrected chi connectivity index (χ1v) is 5.99. The van der Waals surface area contributed by atoms with Gasteiger partial charge in [0.1, 0.15) is 5.75 Å². The van der Waals surface area contributed by atoms with Crippen molar-refractivity contribution in [1.29, 1.82) is 0 Å². The minimum atomic E-state index is -0.150. The zero-order valence-corrected chi connectivity index (χ0v) is 11.2. The van der Waals surface area contributed by atoms with Crippen LogP contribution in [0.25, 0.3) is 0 Å². The number of benzene rings is 1. The van der Waals surface area contributed by atoms with Crippen LogP contribution in [0.2, 0.25) is 0 Å². The molecule has 0 aliphatic carbocycles. The minimum Gasteiger partial charge on any atom is -0.493 e. The third-order valence-corrected chi connectivity index (χ3v) is 2.92. The fourth-order valence-corrected chi connectivity index (χ4v) is 1.50. The predicted octanol–water partition coefficient (Wildman–Crippen LogP) is 2.90. The molecule has 0 amide bonds. The summed E-state index contributed by atoms with van der Waals surface area (Å²) in [4.78, 5) is 0. The van der Waals surface area contributed by atoms with Crippen LogP contribution in [0.3, 0.4) is 0 Å². The number of rotatable bonds is 6. The summed E-state index contributed by atoms with van der Waals surface area (Å²) in [6.45, 7) is 6.69. The van der Waals surface area contributed by atoms with Crippen molar-refractivity contribution in [2.45, 2.75) is 38.8 Å². The van der Waals surface area contributed by atoms with Gasteiger partial charge in [0.15, 0.2) is 0 Å². The lowest BCUT2D eigenvalue weighted by molar-refractivity contribution is 0.00536. The lowest BCUT2D eigenvalue weighted by Gasteiger charge is -2.23. The maximum absolute atomic E-state index is 5.89. The van der Waals surface area contributed by atoms with Crippen molar-refractivity contribution in [3.63, 3.8) is 0 Å². The van der Waals surface area contributed by atoms with Gasteiger partial charge in [-0.2, -0.15) is 0 Å². The van der Waals surface area contributed by atoms with E-state index < -0.39 is 0 Å². The molecule has 0 saturated heterocycles. The molecular formula is C14H23NO2. The highest BCUT2D eigenvalue weighted by molar-refractivity contribution is 5.35. The van der Waals surface area contributed by atoms with Gasteiger partial charge in [-0.3, -0.25) is 0 Å². The predicted molar refractivity (Wildman–Crippen MR) is 70.2 cm³/mol. The van der Waals surface area contributed by atoms with E-state index in [1.54, 1.807) is 7.11 Å². The standard InChI is InChI=1S/C14H23NO2/c1-11(15)12-7-5-6-8-13(12)17-10-9-14(2,3)16-4/h5-8,11H,9-10,15H2,1-4H3/t11-/m0/s1. The summed E-state index contributed by atoms with van der Waals surface area (Å²) in [5.41, 5.74) is 6.79. The second kappa shape index (κ2) is 6.03. The van der Waals surface area contributed by atoms with E-state index in [4.69, 9.17) is 15.2 Å². The molecule has 0 spiro atoms. The summed E-state index contributed by atoms with van der Waals surface area (Å²) in [5, 5.41) is 0. The van der Waals surface area contributed by atoms with Gasteiger partial charge >= 0.3 is 0 Å². The molecule has 0 bridgehead atoms. The maximum Gasteiger partial charge on any atom is 0.124 e. The lowest BCUT2D eigenvalue weighted by atomic mass is 10.1. The average Bonchev–Trinajstić information content (AvgIpc) is 2.29. The van der Waals surface area contributed by atoms with Gasteiger partial charge in [0, 0.05) is 25.1 Å². The normalized spacial score (nSPS) is 13.5. The van der Waals surface area contributed by atoms with Crippen LogP contribution in [-0.4, -0.2) is 19.3 Å². The third kappa shape index (κ3) is 4.36. The van der Waals surface area contributed by atoms with E-state index in [1.165, 1.54) is 0 Å². The first-order valence-electron chi connectivity index (χ1n) is 5.99. The molecule has 3 nitrogen and oxygen atoms in total. The van der Waals surface area contributed by atoms with Gasteiger partial charge in [0.25, 0.3) is 0 Å². The van der Waals surface area contributed by atoms with Crippen LogP contribution in [0.15, 0.2) is 24.3 Å². The Balaban J connectivity index is 2.58. The largest absolute Gasteiger partial charge is 0.493 e. The Labute approximate surface area is 104 Å². The van der Waals surface area contributed by atoms with Gasteiger partial charge in [-0.15, -0.1) is 0 Å². The minimum absolute atomic E-state index is 0.0124.